The van der Waals surface area contributed by atoms with Crippen molar-refractivity contribution in [2.45, 2.75) is 51.4 Å². The first-order valence-corrected chi connectivity index (χ1v) is 12.8. The summed E-state index contributed by atoms with van der Waals surface area (Å²) in [7, 11) is 0. The van der Waals surface area contributed by atoms with Gasteiger partial charge >= 0.3 is 0 Å². The molecular weight excluding hydrogens is 440 g/mol. The third-order valence-electron chi connectivity index (χ3n) is 8.17. The maximum absolute atomic E-state index is 12.6. The molecule has 6 heteroatoms. The lowest BCUT2D eigenvalue weighted by atomic mass is 9.68. The molecule has 2 aliphatic rings. The van der Waals surface area contributed by atoms with Gasteiger partial charge < -0.3 is 24.8 Å². The van der Waals surface area contributed by atoms with Gasteiger partial charge in [0, 0.05) is 49.1 Å². The van der Waals surface area contributed by atoms with E-state index in [2.05, 4.69) is 29.2 Å². The van der Waals surface area contributed by atoms with Crippen molar-refractivity contribution in [1.29, 1.82) is 0 Å². The minimum Gasteiger partial charge on any atom is -0.396 e. The van der Waals surface area contributed by atoms with Crippen molar-refractivity contribution in [2.75, 3.05) is 19.7 Å². The van der Waals surface area contributed by atoms with E-state index in [1.807, 2.05) is 35.2 Å². The average Bonchev–Trinajstić information content (AvgIpc) is 3.24. The summed E-state index contributed by atoms with van der Waals surface area (Å²) in [6.07, 6.45) is 2.21. The fourth-order valence-electron chi connectivity index (χ4n) is 6.26. The maximum atomic E-state index is 12.6. The Morgan fingerprint density at radius 3 is 2.66 bits per heavy atom. The molecule has 1 aliphatic heterocycles. The number of fused-ring (bicyclic) bond motifs is 4. The van der Waals surface area contributed by atoms with Gasteiger partial charge in [0.25, 0.3) is 0 Å². The number of rotatable bonds is 4. The minimum atomic E-state index is -0.535. The summed E-state index contributed by atoms with van der Waals surface area (Å²) in [6, 6.07) is 18.5. The van der Waals surface area contributed by atoms with Gasteiger partial charge in [0.05, 0.1) is 18.8 Å². The first-order chi connectivity index (χ1) is 17.0. The Labute approximate surface area is 206 Å². The van der Waals surface area contributed by atoms with E-state index in [0.717, 1.165) is 29.6 Å². The Morgan fingerprint density at radius 2 is 1.89 bits per heavy atom. The summed E-state index contributed by atoms with van der Waals surface area (Å²) in [5.74, 6) is 0.115. The predicted octanol–water partition coefficient (Wildman–Crippen LogP) is 4.22. The predicted molar refractivity (Wildman–Crippen MR) is 136 cm³/mol. The number of H-pyrrole nitrogens is 1. The van der Waals surface area contributed by atoms with E-state index in [-0.39, 0.29) is 36.4 Å². The van der Waals surface area contributed by atoms with Gasteiger partial charge in [-0.1, -0.05) is 48.5 Å². The van der Waals surface area contributed by atoms with Gasteiger partial charge in [0.15, 0.2) is 0 Å². The molecule has 35 heavy (non-hydrogen) atoms. The molecule has 0 bridgehead atoms. The van der Waals surface area contributed by atoms with Gasteiger partial charge in [-0.3, -0.25) is 4.79 Å². The molecule has 5 rings (SSSR count). The molecule has 186 valence electrons. The highest BCUT2D eigenvalue weighted by atomic mass is 16.5. The fraction of sp³-hybridized carbons (Fsp3) is 0.483. The van der Waals surface area contributed by atoms with E-state index >= 15 is 0 Å². The molecule has 0 spiro atoms. The molecule has 0 saturated heterocycles. The largest absolute Gasteiger partial charge is 0.396 e. The van der Waals surface area contributed by atoms with Crippen molar-refractivity contribution in [2.24, 2.45) is 17.8 Å². The Kier molecular flexibility index (Phi) is 7.23. The Bertz CT molecular complexity index is 1140. The van der Waals surface area contributed by atoms with Crippen molar-refractivity contribution in [3.63, 3.8) is 0 Å². The zero-order valence-electron chi connectivity index (χ0n) is 20.4. The third-order valence-corrected chi connectivity index (χ3v) is 8.17. The Balaban J connectivity index is 1.57. The first kappa shape index (κ1) is 24.0. The molecular formula is C29H36N2O4. The number of hydrogen-bond acceptors (Lipinski definition) is 4. The number of aliphatic hydroxyl groups excluding tert-OH is 2. The molecule has 6 nitrogen and oxygen atoms in total. The van der Waals surface area contributed by atoms with Gasteiger partial charge in [-0.05, 0) is 54.7 Å². The van der Waals surface area contributed by atoms with Gasteiger partial charge in [0.1, 0.15) is 0 Å². The van der Waals surface area contributed by atoms with Crippen molar-refractivity contribution in [3.8, 4) is 0 Å². The van der Waals surface area contributed by atoms with E-state index in [1.54, 1.807) is 6.92 Å². The van der Waals surface area contributed by atoms with Crippen molar-refractivity contribution < 1.29 is 19.7 Å². The van der Waals surface area contributed by atoms with E-state index in [9.17, 15) is 15.0 Å². The molecule has 1 fully saturated rings. The molecule has 3 aromatic rings. The molecule has 5 atom stereocenters. The number of ether oxygens (including phenoxy) is 1. The van der Waals surface area contributed by atoms with Crippen LogP contribution >= 0.6 is 0 Å². The summed E-state index contributed by atoms with van der Waals surface area (Å²) in [5.41, 5.74) is 4.44. The molecule has 2 heterocycles. The summed E-state index contributed by atoms with van der Waals surface area (Å²) in [5, 5.41) is 22.2. The van der Waals surface area contributed by atoms with Crippen LogP contribution in [-0.2, 0) is 22.6 Å². The van der Waals surface area contributed by atoms with Crippen LogP contribution in [0.4, 0.5) is 0 Å². The van der Waals surface area contributed by atoms with Crippen LogP contribution < -0.4 is 0 Å². The van der Waals surface area contributed by atoms with Crippen molar-refractivity contribution in [3.05, 3.63) is 71.4 Å². The normalized spacial score (nSPS) is 27.3. The number of carbonyl (C=O) groups excluding carboxylic acids is 1. The highest BCUT2D eigenvalue weighted by Gasteiger charge is 2.42. The zero-order valence-corrected chi connectivity index (χ0v) is 20.4. The lowest BCUT2D eigenvalue weighted by Crippen LogP contribution is -2.46. The molecule has 2 aromatic carbocycles. The molecule has 1 aliphatic carbocycles. The highest BCUT2D eigenvalue weighted by molar-refractivity contribution is 5.85. The van der Waals surface area contributed by atoms with Crippen LogP contribution in [0.2, 0.25) is 0 Å². The van der Waals surface area contributed by atoms with Crippen LogP contribution in [0.3, 0.4) is 0 Å². The number of aromatic amines is 1. The number of nitrogens with zero attached hydrogens (tertiary/aromatic N) is 1. The Morgan fingerprint density at radius 1 is 1.11 bits per heavy atom. The number of aliphatic hydroxyl groups is 2. The number of para-hydroxylation sites is 1. The monoisotopic (exact) mass is 476 g/mol. The van der Waals surface area contributed by atoms with Crippen molar-refractivity contribution >= 4 is 16.8 Å². The molecule has 1 aromatic heterocycles. The molecule has 0 unspecified atom stereocenters. The van der Waals surface area contributed by atoms with E-state index < -0.39 is 6.10 Å². The minimum absolute atomic E-state index is 0.0451. The number of benzene rings is 2. The number of amides is 1. The molecule has 1 saturated carbocycles. The van der Waals surface area contributed by atoms with Gasteiger partial charge in [0.2, 0.25) is 5.91 Å². The van der Waals surface area contributed by atoms with E-state index in [4.69, 9.17) is 4.74 Å². The van der Waals surface area contributed by atoms with E-state index in [1.165, 1.54) is 10.9 Å². The van der Waals surface area contributed by atoms with Crippen LogP contribution in [-0.4, -0.2) is 51.8 Å². The maximum Gasteiger partial charge on any atom is 0.219 e. The first-order valence-electron chi connectivity index (χ1n) is 12.8. The fourth-order valence-corrected chi connectivity index (χ4v) is 6.26. The van der Waals surface area contributed by atoms with Crippen LogP contribution in [0.15, 0.2) is 54.6 Å². The number of aromatic nitrogens is 1. The van der Waals surface area contributed by atoms with Gasteiger partial charge in [-0.25, -0.2) is 0 Å². The lowest BCUT2D eigenvalue weighted by molar-refractivity contribution is -0.131. The standard InChI is InChI=1S/C29H36N2O4/c1-19(33)31-14-13-23-22-9-5-6-10-26(22)30-29(23)28(35-18-20-7-3-2-4-8-20)15-24-21(16-31)11-12-27(34)25(24)17-32/h2-10,21,24-25,27-28,30,32,34H,11-18H2,1H3/t21-,24-,25+,27-,28+/m0/s1. The van der Waals surface area contributed by atoms with Gasteiger partial charge in [-0.2, -0.15) is 0 Å². The summed E-state index contributed by atoms with van der Waals surface area (Å²) < 4.78 is 6.63. The topological polar surface area (TPSA) is 85.8 Å². The van der Waals surface area contributed by atoms with E-state index in [0.29, 0.717) is 32.5 Å². The van der Waals surface area contributed by atoms with Crippen LogP contribution in [0.25, 0.3) is 10.9 Å². The molecule has 1 amide bonds. The lowest BCUT2D eigenvalue weighted by Gasteiger charge is -2.44. The number of hydrogen-bond donors (Lipinski definition) is 3. The van der Waals surface area contributed by atoms with Crippen molar-refractivity contribution in [1.82, 2.24) is 9.88 Å². The second-order valence-electron chi connectivity index (χ2n) is 10.2. The smallest absolute Gasteiger partial charge is 0.219 e. The second kappa shape index (κ2) is 10.5. The highest BCUT2D eigenvalue weighted by Crippen LogP contribution is 2.44. The summed E-state index contributed by atoms with van der Waals surface area (Å²) >= 11 is 0. The Hall–Kier alpha value is -2.67. The van der Waals surface area contributed by atoms with Gasteiger partial charge in [-0.15, -0.1) is 0 Å². The molecule has 0 radical (unpaired) electrons. The second-order valence-corrected chi connectivity index (χ2v) is 10.2. The SMILES string of the molecule is CC(=O)N1CCc2c([nH]c3ccccc23)[C@H](OCc2ccccc2)C[C@H]2[C@@H](CC[C@H](O)[C@@H]2CO)C1. The molecule has 3 N–H and O–H groups in total. The zero-order chi connectivity index (χ0) is 24.4. The van der Waals surface area contributed by atoms with Crippen LogP contribution in [0, 0.1) is 17.8 Å². The quantitative estimate of drug-likeness (QED) is 0.526. The van der Waals surface area contributed by atoms with Crippen LogP contribution in [0.1, 0.15) is 49.1 Å². The number of nitrogens with one attached hydrogen (secondary N) is 1. The number of carbonyl (C=O) groups is 1. The van der Waals surface area contributed by atoms with Crippen LogP contribution in [0.5, 0.6) is 0 Å². The third kappa shape index (κ3) is 5.01. The average molecular weight is 477 g/mol. The summed E-state index contributed by atoms with van der Waals surface area (Å²) in [6.45, 7) is 3.37. The summed E-state index contributed by atoms with van der Waals surface area (Å²) in [4.78, 5) is 18.2.